The predicted octanol–water partition coefficient (Wildman–Crippen LogP) is 6.42. The fraction of sp³-hybridized carbons (Fsp3) is 0.395. The summed E-state index contributed by atoms with van der Waals surface area (Å²) in [6, 6.07) is 27.8. The molecule has 3 aromatic carbocycles. The molecule has 5 aromatic rings. The van der Waals surface area contributed by atoms with Crippen molar-refractivity contribution in [2.24, 2.45) is 5.73 Å². The fourth-order valence-electron chi connectivity index (χ4n) is 6.49. The van der Waals surface area contributed by atoms with Gasteiger partial charge in [0.2, 0.25) is 6.33 Å². The van der Waals surface area contributed by atoms with Crippen LogP contribution in [0.15, 0.2) is 85.1 Å². The molecule has 247 valence electrons. The van der Waals surface area contributed by atoms with Gasteiger partial charge in [-0.2, -0.15) is 5.10 Å². The predicted molar refractivity (Wildman–Crippen MR) is 194 cm³/mol. The van der Waals surface area contributed by atoms with Gasteiger partial charge in [0.05, 0.1) is 19.9 Å². The summed E-state index contributed by atoms with van der Waals surface area (Å²) in [5.41, 5.74) is 9.46. The molecule has 9 heteroatoms. The van der Waals surface area contributed by atoms with Gasteiger partial charge in [-0.25, -0.2) is 9.97 Å². The van der Waals surface area contributed by atoms with Crippen molar-refractivity contribution in [3.05, 3.63) is 103 Å². The molecule has 0 fully saturated rings. The summed E-state index contributed by atoms with van der Waals surface area (Å²) in [6.07, 6.45) is 7.42. The van der Waals surface area contributed by atoms with Gasteiger partial charge in [0.25, 0.3) is 8.32 Å². The van der Waals surface area contributed by atoms with Gasteiger partial charge in [-0.3, -0.25) is 4.68 Å². The second-order valence-electron chi connectivity index (χ2n) is 13.9. The molecule has 0 saturated heterocycles. The number of aromatic nitrogens is 4. The van der Waals surface area contributed by atoms with Crippen molar-refractivity contribution in [2.45, 2.75) is 84.0 Å². The summed E-state index contributed by atoms with van der Waals surface area (Å²) in [5.74, 6) is 1.49. The van der Waals surface area contributed by atoms with Crippen molar-refractivity contribution in [3.63, 3.8) is 0 Å². The Balaban J connectivity index is 1.41. The number of hydrogen-bond acceptors (Lipinski definition) is 7. The number of rotatable bonds is 14. The minimum Gasteiger partial charge on any atom is -0.496 e. The fourth-order valence-corrected chi connectivity index (χ4v) is 11.1. The van der Waals surface area contributed by atoms with E-state index in [9.17, 15) is 0 Å². The lowest BCUT2D eigenvalue weighted by atomic mass is 9.94. The molecule has 2 heterocycles. The highest BCUT2D eigenvalue weighted by molar-refractivity contribution is 6.99. The molecule has 0 unspecified atom stereocenters. The largest absolute Gasteiger partial charge is 0.496 e. The average Bonchev–Trinajstić information content (AvgIpc) is 3.46. The summed E-state index contributed by atoms with van der Waals surface area (Å²) >= 11 is 0. The number of fused-ring (bicyclic) bond motifs is 1. The van der Waals surface area contributed by atoms with E-state index in [-0.39, 0.29) is 11.1 Å². The molecule has 0 aliphatic carbocycles. The van der Waals surface area contributed by atoms with Gasteiger partial charge in [-0.15, -0.1) is 0 Å². The standard InChI is InChI=1S/C38H49N6O2Si/c1-8-15-30(22-23-46-47(37(2,3)4,31-16-11-9-12-17-31)32-18-13-10-14-19-32)43-36-35-33(40-27-41-36)25-42-44(35)26-28-20-21-29(38(5,6)39)24-34(28)45-7/h9-14,16-21,24-25,30H,8,15,22-23,26,39H2,1-7H3,(H,40,41,43)/t30-/m0/s1. The molecule has 5 rings (SSSR count). The first-order chi connectivity index (χ1) is 22.5. The molecule has 0 aliphatic rings. The lowest BCUT2D eigenvalue weighted by Gasteiger charge is -2.43. The van der Waals surface area contributed by atoms with Crippen molar-refractivity contribution in [3.8, 4) is 5.75 Å². The van der Waals surface area contributed by atoms with Crippen molar-refractivity contribution < 1.29 is 9.16 Å². The second-order valence-corrected chi connectivity index (χ2v) is 18.2. The lowest BCUT2D eigenvalue weighted by molar-refractivity contribution is 0.281. The van der Waals surface area contributed by atoms with E-state index < -0.39 is 13.9 Å². The molecule has 0 saturated carbocycles. The van der Waals surface area contributed by atoms with Crippen LogP contribution in [-0.4, -0.2) is 47.8 Å². The smallest absolute Gasteiger partial charge is 0.261 e. The van der Waals surface area contributed by atoms with Crippen LogP contribution in [0.25, 0.3) is 11.0 Å². The molecule has 3 N–H and O–H groups in total. The Morgan fingerprint density at radius 3 is 2.15 bits per heavy atom. The van der Waals surface area contributed by atoms with Gasteiger partial charge in [0.15, 0.2) is 5.82 Å². The van der Waals surface area contributed by atoms with Gasteiger partial charge < -0.3 is 20.2 Å². The van der Waals surface area contributed by atoms with Gasteiger partial charge in [-0.05, 0) is 53.7 Å². The van der Waals surface area contributed by atoms with E-state index in [1.54, 1.807) is 13.3 Å². The van der Waals surface area contributed by atoms with Crippen LogP contribution < -0.4 is 26.2 Å². The molecule has 47 heavy (non-hydrogen) atoms. The second kappa shape index (κ2) is 14.4. The molecule has 0 amide bonds. The third-order valence-electron chi connectivity index (χ3n) is 8.91. The number of ether oxygens (including phenoxy) is 1. The maximum Gasteiger partial charge on any atom is 0.261 e. The minimum atomic E-state index is -2.63. The highest BCUT2D eigenvalue weighted by Crippen LogP contribution is 2.37. The molecule has 8 nitrogen and oxygen atoms in total. The van der Waals surface area contributed by atoms with Crippen molar-refractivity contribution in [1.29, 1.82) is 0 Å². The molecule has 0 spiro atoms. The van der Waals surface area contributed by atoms with Crippen LogP contribution in [0.5, 0.6) is 5.75 Å². The van der Waals surface area contributed by atoms with Gasteiger partial charge in [0.1, 0.15) is 16.8 Å². The quantitative estimate of drug-likeness (QED) is 0.134. The molecular weight excluding hydrogens is 601 g/mol. The maximum atomic E-state index is 7.23. The lowest BCUT2D eigenvalue weighted by Crippen LogP contribution is -2.66. The Bertz CT molecular complexity index is 1710. The third-order valence-corrected chi connectivity index (χ3v) is 13.9. The zero-order chi connectivity index (χ0) is 33.7. The molecule has 0 bridgehead atoms. The van der Waals surface area contributed by atoms with E-state index in [2.05, 4.69) is 122 Å². The molecule has 0 aliphatic heterocycles. The van der Waals surface area contributed by atoms with Gasteiger partial charge >= 0.3 is 0 Å². The number of benzene rings is 3. The van der Waals surface area contributed by atoms with E-state index >= 15 is 0 Å². The van der Waals surface area contributed by atoms with Crippen molar-refractivity contribution in [2.75, 3.05) is 19.0 Å². The Morgan fingerprint density at radius 2 is 1.57 bits per heavy atom. The zero-order valence-corrected chi connectivity index (χ0v) is 29.9. The first-order valence-corrected chi connectivity index (χ1v) is 18.5. The molecule has 1 atom stereocenters. The first kappa shape index (κ1) is 34.3. The third kappa shape index (κ3) is 7.43. The average molecular weight is 650 g/mol. The number of nitrogens with two attached hydrogens (primary N) is 1. The number of hydrogen-bond donors (Lipinski definition) is 2. The summed E-state index contributed by atoms with van der Waals surface area (Å²) in [4.78, 5) is 9.00. The zero-order valence-electron chi connectivity index (χ0n) is 28.9. The Labute approximate surface area is 280 Å². The van der Waals surface area contributed by atoms with E-state index in [0.717, 1.165) is 53.0 Å². The maximum absolute atomic E-state index is 7.23. The Kier molecular flexibility index (Phi) is 10.5. The minimum absolute atomic E-state index is 0.0805. The highest BCUT2D eigenvalue weighted by Gasteiger charge is 2.50. The van der Waals surface area contributed by atoms with Gasteiger partial charge in [-0.1, -0.05) is 107 Å². The molecule has 2 aromatic heterocycles. The monoisotopic (exact) mass is 649 g/mol. The first-order valence-electron chi connectivity index (χ1n) is 16.6. The summed E-state index contributed by atoms with van der Waals surface area (Å²) in [7, 11) is -0.952. The highest BCUT2D eigenvalue weighted by atomic mass is 28.4. The van der Waals surface area contributed by atoms with Crippen molar-refractivity contribution >= 4 is 35.5 Å². The van der Waals surface area contributed by atoms with E-state index in [1.807, 2.05) is 24.6 Å². The summed E-state index contributed by atoms with van der Waals surface area (Å²) in [5, 5.41) is 10.9. The van der Waals surface area contributed by atoms with Crippen LogP contribution in [-0.2, 0) is 16.5 Å². The van der Waals surface area contributed by atoms with Crippen LogP contribution in [0.1, 0.15) is 71.9 Å². The SMILES string of the molecule is CCC[C@@H](CCO[Si](c1ccccc1)(c1ccccc1)C(C)(C)C)Nc1n[c]nc2cnn(Cc3ccc(C(C)(C)N)cc3OC)c12. The van der Waals surface area contributed by atoms with Crippen LogP contribution in [0.3, 0.4) is 0 Å². The Hall–Kier alpha value is -4.05. The Morgan fingerprint density at radius 1 is 0.915 bits per heavy atom. The number of methoxy groups -OCH3 is 1. The van der Waals surface area contributed by atoms with Crippen LogP contribution >= 0.6 is 0 Å². The number of anilines is 1. The van der Waals surface area contributed by atoms with Crippen LogP contribution in [0.4, 0.5) is 5.82 Å². The van der Waals surface area contributed by atoms with E-state index in [1.165, 1.54) is 10.4 Å². The topological polar surface area (TPSA) is 100 Å². The molecular formula is C38H49N6O2Si. The van der Waals surface area contributed by atoms with E-state index in [0.29, 0.717) is 13.2 Å². The number of nitrogens with one attached hydrogen (secondary N) is 1. The van der Waals surface area contributed by atoms with Gasteiger partial charge in [0, 0.05) is 23.8 Å². The normalized spacial score (nSPS) is 13.1. The van der Waals surface area contributed by atoms with Crippen LogP contribution in [0.2, 0.25) is 5.04 Å². The summed E-state index contributed by atoms with van der Waals surface area (Å²) < 4.78 is 14.9. The summed E-state index contributed by atoms with van der Waals surface area (Å²) in [6.45, 7) is 14.2. The van der Waals surface area contributed by atoms with Crippen LogP contribution in [0, 0.1) is 6.33 Å². The molecule has 1 radical (unpaired) electrons. The van der Waals surface area contributed by atoms with E-state index in [4.69, 9.17) is 20.0 Å². The van der Waals surface area contributed by atoms with Crippen molar-refractivity contribution in [1.82, 2.24) is 19.7 Å². The number of nitrogens with zero attached hydrogens (tertiary/aromatic N) is 4.